The van der Waals surface area contributed by atoms with Gasteiger partial charge in [0.2, 0.25) is 0 Å². The van der Waals surface area contributed by atoms with Crippen LogP contribution < -0.4 is 0 Å². The second-order valence-corrected chi connectivity index (χ2v) is 10.8. The van der Waals surface area contributed by atoms with E-state index >= 15 is 0 Å². The van der Waals surface area contributed by atoms with Crippen molar-refractivity contribution in [2.75, 3.05) is 46.0 Å². The Hall–Kier alpha value is 1.04. The van der Waals surface area contributed by atoms with E-state index < -0.39 is 0 Å². The summed E-state index contributed by atoms with van der Waals surface area (Å²) in [4.78, 5) is 0. The summed E-state index contributed by atoms with van der Waals surface area (Å²) in [6.45, 7) is 0. The van der Waals surface area contributed by atoms with Gasteiger partial charge in [0.25, 0.3) is 0 Å². The molecule has 0 N–H and O–H groups in total. The van der Waals surface area contributed by atoms with Crippen LogP contribution in [0.15, 0.2) is 0 Å². The van der Waals surface area contributed by atoms with Gasteiger partial charge in [0.05, 0.1) is 0 Å². The van der Waals surface area contributed by atoms with Crippen LogP contribution in [0.1, 0.15) is 0 Å². The Kier molecular flexibility index (Phi) is 19.6. The SMILES string of the molecule is C1#CSCCSC#CSCCSC#CSCCSC#CSCCS1. The molecule has 0 fully saturated rings. The maximum atomic E-state index is 3.13. The summed E-state index contributed by atoms with van der Waals surface area (Å²) >= 11 is 13.4. The third kappa shape index (κ3) is 17.8. The van der Waals surface area contributed by atoms with Crippen molar-refractivity contribution in [3.05, 3.63) is 0 Å². The van der Waals surface area contributed by atoms with Gasteiger partial charge < -0.3 is 0 Å². The molecule has 0 aromatic rings. The Morgan fingerprint density at radius 3 is 0.500 bits per heavy atom. The van der Waals surface area contributed by atoms with E-state index in [1.54, 1.807) is 94.1 Å². The number of rotatable bonds is 0. The molecule has 1 rings (SSSR count). The predicted octanol–water partition coefficient (Wildman–Crippen LogP) is 5.54. The average Bonchev–Trinajstić information content (AvgIpc) is 2.59. The first-order chi connectivity index (χ1) is 12.0. The van der Waals surface area contributed by atoms with Crippen molar-refractivity contribution in [3.8, 4) is 42.0 Å². The van der Waals surface area contributed by atoms with E-state index in [0.29, 0.717) is 0 Å². The Morgan fingerprint density at radius 2 is 0.375 bits per heavy atom. The second kappa shape index (κ2) is 20.4. The van der Waals surface area contributed by atoms with Gasteiger partial charge in [-0.2, -0.15) is 0 Å². The lowest BCUT2D eigenvalue weighted by molar-refractivity contribution is 1.57. The van der Waals surface area contributed by atoms with Crippen LogP contribution in [0, 0.1) is 42.0 Å². The minimum atomic E-state index is 1.03. The van der Waals surface area contributed by atoms with Crippen molar-refractivity contribution >= 4 is 94.1 Å². The highest BCUT2D eigenvalue weighted by molar-refractivity contribution is 8.11. The van der Waals surface area contributed by atoms with E-state index in [1.807, 2.05) is 0 Å². The fourth-order valence-electron chi connectivity index (χ4n) is 0.977. The quantitative estimate of drug-likeness (QED) is 0.423. The monoisotopic (exact) mass is 464 g/mol. The van der Waals surface area contributed by atoms with Crippen LogP contribution in [0.2, 0.25) is 0 Å². The molecule has 128 valence electrons. The molecule has 1 aliphatic heterocycles. The van der Waals surface area contributed by atoms with E-state index in [0.717, 1.165) is 46.0 Å². The van der Waals surface area contributed by atoms with Crippen molar-refractivity contribution in [2.45, 2.75) is 0 Å². The fraction of sp³-hybridized carbons (Fsp3) is 0.500. The third-order valence-electron chi connectivity index (χ3n) is 1.89. The Bertz CT molecular complexity index is 414. The topological polar surface area (TPSA) is 0 Å². The van der Waals surface area contributed by atoms with Crippen LogP contribution in [0.3, 0.4) is 0 Å². The van der Waals surface area contributed by atoms with Gasteiger partial charge in [-0.3, -0.25) is 0 Å². The molecular weight excluding hydrogens is 449 g/mol. The van der Waals surface area contributed by atoms with E-state index in [9.17, 15) is 0 Å². The first-order valence-electron chi connectivity index (χ1n) is 6.94. The predicted molar refractivity (Wildman–Crippen MR) is 131 cm³/mol. The zero-order chi connectivity index (χ0) is 17.0. The molecule has 1 heterocycles. The lowest BCUT2D eigenvalue weighted by atomic mass is 11.0. The van der Waals surface area contributed by atoms with Gasteiger partial charge in [0, 0.05) is 46.0 Å². The highest BCUT2D eigenvalue weighted by Gasteiger charge is 1.89. The Morgan fingerprint density at radius 1 is 0.250 bits per heavy atom. The van der Waals surface area contributed by atoms with E-state index in [1.165, 1.54) is 0 Å². The normalized spacial score (nSPS) is 18.7. The molecule has 0 nitrogen and oxygen atoms in total. The average molecular weight is 465 g/mol. The van der Waals surface area contributed by atoms with Crippen LogP contribution in [-0.2, 0) is 0 Å². The molecule has 0 aromatic heterocycles. The lowest BCUT2D eigenvalue weighted by Gasteiger charge is -1.91. The molecule has 0 radical (unpaired) electrons. The van der Waals surface area contributed by atoms with Crippen molar-refractivity contribution in [3.63, 3.8) is 0 Å². The Labute approximate surface area is 180 Å². The smallest absolute Gasteiger partial charge is 0.0157 e. The summed E-state index contributed by atoms with van der Waals surface area (Å²) in [6, 6.07) is 0. The van der Waals surface area contributed by atoms with Crippen molar-refractivity contribution < 1.29 is 0 Å². The maximum absolute atomic E-state index is 3.13. The molecule has 0 amide bonds. The second-order valence-electron chi connectivity index (χ2n) is 3.60. The molecule has 0 bridgehead atoms. The molecule has 1 aliphatic rings. The van der Waals surface area contributed by atoms with Crippen LogP contribution in [0.4, 0.5) is 0 Å². The molecule has 0 spiro atoms. The maximum Gasteiger partial charge on any atom is 0.0157 e. The summed E-state index contributed by atoms with van der Waals surface area (Å²) < 4.78 is 0. The molecule has 8 heteroatoms. The summed E-state index contributed by atoms with van der Waals surface area (Å²) in [6.07, 6.45) is 0. The molecule has 0 aromatic carbocycles. The molecule has 0 aliphatic carbocycles. The first-order valence-corrected chi connectivity index (χ1v) is 14.8. The van der Waals surface area contributed by atoms with Gasteiger partial charge in [-0.25, -0.2) is 0 Å². The van der Waals surface area contributed by atoms with Gasteiger partial charge in [0.15, 0.2) is 0 Å². The summed E-state index contributed by atoms with van der Waals surface area (Å²) in [5.41, 5.74) is 0. The van der Waals surface area contributed by atoms with Crippen molar-refractivity contribution in [1.82, 2.24) is 0 Å². The number of hydrogen-bond donors (Lipinski definition) is 0. The van der Waals surface area contributed by atoms with Gasteiger partial charge in [0.1, 0.15) is 0 Å². The van der Waals surface area contributed by atoms with Gasteiger partial charge in [-0.1, -0.05) is 94.1 Å². The largest absolute Gasteiger partial charge is 0.0733 e. The summed E-state index contributed by atoms with van der Waals surface area (Å²) in [7, 11) is 0. The van der Waals surface area contributed by atoms with Crippen LogP contribution in [0.5, 0.6) is 0 Å². The highest BCUT2D eigenvalue weighted by atomic mass is 32.2. The van der Waals surface area contributed by atoms with Crippen LogP contribution >= 0.6 is 94.1 Å². The third-order valence-corrected chi connectivity index (χ3v) is 8.68. The molecule has 0 atom stereocenters. The van der Waals surface area contributed by atoms with Crippen LogP contribution in [0.25, 0.3) is 0 Å². The number of thioether (sulfide) groups is 8. The Balaban J connectivity index is 2.25. The molecular formula is C16H16S8. The summed E-state index contributed by atoms with van der Waals surface area (Å²) in [5.74, 6) is 8.21. The lowest BCUT2D eigenvalue weighted by Crippen LogP contribution is -1.81. The zero-order valence-corrected chi connectivity index (χ0v) is 19.5. The van der Waals surface area contributed by atoms with Gasteiger partial charge >= 0.3 is 0 Å². The molecule has 0 unspecified atom stereocenters. The standard InChI is InChI=1S/C16H16S8/c1-2-18-5-6-20-9-10-22-13-14-24-16-15-23-12-11-21-8-7-19-4-3-17-1/h1-2,7-10,15-16H2. The first kappa shape index (κ1) is 23.1. The van der Waals surface area contributed by atoms with E-state index in [2.05, 4.69) is 42.0 Å². The van der Waals surface area contributed by atoms with Gasteiger partial charge in [-0.15, -0.1) is 0 Å². The van der Waals surface area contributed by atoms with Gasteiger partial charge in [-0.05, 0) is 42.0 Å². The van der Waals surface area contributed by atoms with E-state index in [4.69, 9.17) is 0 Å². The van der Waals surface area contributed by atoms with Crippen LogP contribution in [-0.4, -0.2) is 46.0 Å². The molecule has 0 saturated heterocycles. The molecule has 0 saturated carbocycles. The van der Waals surface area contributed by atoms with E-state index in [-0.39, 0.29) is 0 Å². The fourth-order valence-corrected chi connectivity index (χ4v) is 6.35. The van der Waals surface area contributed by atoms with Crippen molar-refractivity contribution in [2.24, 2.45) is 0 Å². The highest BCUT2D eigenvalue weighted by Crippen LogP contribution is 2.11. The molecule has 24 heavy (non-hydrogen) atoms. The zero-order valence-electron chi connectivity index (χ0n) is 12.9. The number of hydrogen-bond acceptors (Lipinski definition) is 8. The summed E-state index contributed by atoms with van der Waals surface area (Å²) in [5, 5.41) is 25.1. The van der Waals surface area contributed by atoms with Crippen molar-refractivity contribution in [1.29, 1.82) is 0 Å². The minimum Gasteiger partial charge on any atom is -0.0733 e. The minimum absolute atomic E-state index is 1.03.